The molecule has 0 aliphatic carbocycles. The molecule has 2 saturated heterocycles. The van der Waals surface area contributed by atoms with E-state index in [1.807, 2.05) is 22.4 Å². The Balaban J connectivity index is 1.60. The quantitative estimate of drug-likeness (QED) is 0.805. The van der Waals surface area contributed by atoms with Gasteiger partial charge in [0.15, 0.2) is 0 Å². The maximum absolute atomic E-state index is 12.1. The van der Waals surface area contributed by atoms with Gasteiger partial charge in [-0.2, -0.15) is 0 Å². The Morgan fingerprint density at radius 2 is 2.47 bits per heavy atom. The smallest absolute Gasteiger partial charge is 0.227 e. The number of hydrogen-bond donors (Lipinski definition) is 0. The third-order valence-corrected chi connectivity index (χ3v) is 4.64. The molecule has 1 aromatic heterocycles. The minimum absolute atomic E-state index is 0.00507. The van der Waals surface area contributed by atoms with Crippen molar-refractivity contribution >= 4 is 17.2 Å². The lowest BCUT2D eigenvalue weighted by Crippen LogP contribution is -2.36. The molecule has 4 heteroatoms. The molecule has 0 saturated carbocycles. The van der Waals surface area contributed by atoms with E-state index in [2.05, 4.69) is 0 Å². The molecule has 17 heavy (non-hydrogen) atoms. The van der Waals surface area contributed by atoms with Crippen molar-refractivity contribution in [3.05, 3.63) is 22.4 Å². The summed E-state index contributed by atoms with van der Waals surface area (Å²) in [6.45, 7) is 2.54. The van der Waals surface area contributed by atoms with Crippen molar-refractivity contribution in [2.45, 2.75) is 31.3 Å². The lowest BCUT2D eigenvalue weighted by Gasteiger charge is -2.23. The van der Waals surface area contributed by atoms with Crippen LogP contribution >= 0.6 is 11.3 Å². The van der Waals surface area contributed by atoms with Crippen molar-refractivity contribution in [3.8, 4) is 0 Å². The zero-order valence-electron chi connectivity index (χ0n) is 9.85. The minimum Gasteiger partial charge on any atom is -0.373 e. The summed E-state index contributed by atoms with van der Waals surface area (Å²) in [5, 5.41) is 2.02. The van der Waals surface area contributed by atoms with Gasteiger partial charge in [0.1, 0.15) is 0 Å². The van der Waals surface area contributed by atoms with Crippen LogP contribution in [0.5, 0.6) is 0 Å². The lowest BCUT2D eigenvalue weighted by atomic mass is 10.00. The van der Waals surface area contributed by atoms with E-state index in [4.69, 9.17) is 4.74 Å². The maximum Gasteiger partial charge on any atom is 0.227 e. The van der Waals surface area contributed by atoms with Crippen molar-refractivity contribution in [1.82, 2.24) is 4.90 Å². The zero-order valence-corrected chi connectivity index (χ0v) is 10.7. The van der Waals surface area contributed by atoms with E-state index in [-0.39, 0.29) is 11.5 Å². The number of carbonyl (C=O) groups excluding carboxylic acids is 1. The second kappa shape index (κ2) is 4.42. The molecule has 2 aliphatic heterocycles. The van der Waals surface area contributed by atoms with E-state index >= 15 is 0 Å². The molecule has 1 aromatic rings. The maximum atomic E-state index is 12.1. The molecule has 3 nitrogen and oxygen atoms in total. The molecule has 0 radical (unpaired) electrons. The van der Waals surface area contributed by atoms with E-state index in [9.17, 15) is 4.79 Å². The highest BCUT2D eigenvalue weighted by Crippen LogP contribution is 2.35. The predicted octanol–water partition coefficient (Wildman–Crippen LogP) is 2.07. The molecule has 92 valence electrons. The van der Waals surface area contributed by atoms with Crippen molar-refractivity contribution in [2.75, 3.05) is 19.7 Å². The Bertz CT molecular complexity index is 396. The van der Waals surface area contributed by atoms with Crippen LogP contribution in [-0.2, 0) is 16.0 Å². The highest BCUT2D eigenvalue weighted by Gasteiger charge is 2.42. The topological polar surface area (TPSA) is 29.5 Å². The molecule has 0 aromatic carbocycles. The van der Waals surface area contributed by atoms with Crippen LogP contribution in [-0.4, -0.2) is 36.1 Å². The van der Waals surface area contributed by atoms with Crippen LogP contribution in [0, 0.1) is 0 Å². The molecule has 2 aliphatic rings. The molecular formula is C13H17NO2S. The number of rotatable bonds is 2. The van der Waals surface area contributed by atoms with E-state index < -0.39 is 0 Å². The van der Waals surface area contributed by atoms with Gasteiger partial charge in [0.05, 0.1) is 12.0 Å². The van der Waals surface area contributed by atoms with Gasteiger partial charge in [0, 0.05) is 24.6 Å². The molecule has 2 fully saturated rings. The summed E-state index contributed by atoms with van der Waals surface area (Å²) in [7, 11) is 0. The zero-order chi connectivity index (χ0) is 11.7. The molecule has 0 N–H and O–H groups in total. The van der Waals surface area contributed by atoms with Crippen LogP contribution in [0.15, 0.2) is 17.5 Å². The van der Waals surface area contributed by atoms with Crippen LogP contribution in [0.2, 0.25) is 0 Å². The SMILES string of the molecule is O=C(Cc1cccs1)N1CC[C@]2(CCCO2)C1. The fourth-order valence-corrected chi connectivity index (χ4v) is 3.50. The number of hydrogen-bond acceptors (Lipinski definition) is 3. The van der Waals surface area contributed by atoms with Gasteiger partial charge in [-0.3, -0.25) is 4.79 Å². The summed E-state index contributed by atoms with van der Waals surface area (Å²) in [4.78, 5) is 15.3. The first-order valence-corrected chi connectivity index (χ1v) is 7.10. The van der Waals surface area contributed by atoms with Gasteiger partial charge in [-0.05, 0) is 30.7 Å². The highest BCUT2D eigenvalue weighted by molar-refractivity contribution is 7.10. The summed E-state index contributed by atoms with van der Waals surface area (Å²) in [6, 6.07) is 4.03. The molecule has 1 atom stereocenters. The summed E-state index contributed by atoms with van der Waals surface area (Å²) < 4.78 is 5.83. The number of thiophene rings is 1. The van der Waals surface area contributed by atoms with Gasteiger partial charge in [0.25, 0.3) is 0 Å². The largest absolute Gasteiger partial charge is 0.373 e. The fourth-order valence-electron chi connectivity index (χ4n) is 2.81. The van der Waals surface area contributed by atoms with Crippen LogP contribution in [0.25, 0.3) is 0 Å². The molecule has 0 unspecified atom stereocenters. The van der Waals surface area contributed by atoms with Gasteiger partial charge < -0.3 is 9.64 Å². The number of amides is 1. The van der Waals surface area contributed by atoms with Crippen molar-refractivity contribution in [2.24, 2.45) is 0 Å². The summed E-state index contributed by atoms with van der Waals surface area (Å²) in [6.07, 6.45) is 3.83. The van der Waals surface area contributed by atoms with Gasteiger partial charge in [-0.15, -0.1) is 11.3 Å². The van der Waals surface area contributed by atoms with E-state index in [1.54, 1.807) is 11.3 Å². The van der Waals surface area contributed by atoms with Gasteiger partial charge in [-0.25, -0.2) is 0 Å². The average Bonchev–Trinajstić information content (AvgIpc) is 3.03. The van der Waals surface area contributed by atoms with E-state index in [0.717, 1.165) is 43.8 Å². The average molecular weight is 251 g/mol. The first kappa shape index (κ1) is 11.2. The number of carbonyl (C=O) groups is 1. The minimum atomic E-state index is 0.00507. The van der Waals surface area contributed by atoms with Crippen LogP contribution in [0.1, 0.15) is 24.1 Å². The van der Waals surface area contributed by atoms with Gasteiger partial charge >= 0.3 is 0 Å². The summed E-state index contributed by atoms with van der Waals surface area (Å²) >= 11 is 1.66. The third kappa shape index (κ3) is 2.24. The Morgan fingerprint density at radius 3 is 3.18 bits per heavy atom. The Labute approximate surface area is 105 Å². The van der Waals surface area contributed by atoms with Gasteiger partial charge in [0.2, 0.25) is 5.91 Å². The number of ether oxygens (including phenoxy) is 1. The highest BCUT2D eigenvalue weighted by atomic mass is 32.1. The predicted molar refractivity (Wildman–Crippen MR) is 67.1 cm³/mol. The van der Waals surface area contributed by atoms with Crippen LogP contribution in [0.3, 0.4) is 0 Å². The molecule has 0 bridgehead atoms. The molecule has 1 spiro atoms. The Hall–Kier alpha value is -0.870. The Morgan fingerprint density at radius 1 is 1.53 bits per heavy atom. The standard InChI is InChI=1S/C13H17NO2S/c15-12(9-11-3-1-8-17-11)14-6-5-13(10-14)4-2-7-16-13/h1,3,8H,2,4-7,9-10H2/t13-/m1/s1. The Kier molecular flexibility index (Phi) is 2.92. The van der Waals surface area contributed by atoms with Crippen LogP contribution in [0.4, 0.5) is 0 Å². The first-order valence-electron chi connectivity index (χ1n) is 6.22. The van der Waals surface area contributed by atoms with Crippen molar-refractivity contribution in [3.63, 3.8) is 0 Å². The monoisotopic (exact) mass is 251 g/mol. The second-order valence-electron chi connectivity index (χ2n) is 4.96. The molecular weight excluding hydrogens is 234 g/mol. The number of likely N-dealkylation sites (tertiary alicyclic amines) is 1. The molecule has 3 heterocycles. The van der Waals surface area contributed by atoms with Crippen LogP contribution < -0.4 is 0 Å². The van der Waals surface area contributed by atoms with E-state index in [1.165, 1.54) is 0 Å². The fraction of sp³-hybridized carbons (Fsp3) is 0.615. The third-order valence-electron chi connectivity index (χ3n) is 3.76. The van der Waals surface area contributed by atoms with Crippen molar-refractivity contribution < 1.29 is 9.53 Å². The van der Waals surface area contributed by atoms with Crippen molar-refractivity contribution in [1.29, 1.82) is 0 Å². The van der Waals surface area contributed by atoms with E-state index in [0.29, 0.717) is 6.42 Å². The summed E-state index contributed by atoms with van der Waals surface area (Å²) in [5.41, 5.74) is 0.00507. The van der Waals surface area contributed by atoms with Gasteiger partial charge in [-0.1, -0.05) is 6.07 Å². The number of nitrogens with zero attached hydrogens (tertiary/aromatic N) is 1. The lowest BCUT2D eigenvalue weighted by molar-refractivity contribution is -0.130. The normalized spacial score (nSPS) is 28.1. The molecule has 1 amide bonds. The second-order valence-corrected chi connectivity index (χ2v) is 5.99. The first-order chi connectivity index (χ1) is 8.27. The summed E-state index contributed by atoms with van der Waals surface area (Å²) in [5.74, 6) is 0.250. The molecule has 3 rings (SSSR count).